The minimum atomic E-state index is -0.501. The third-order valence-corrected chi connectivity index (χ3v) is 5.20. The summed E-state index contributed by atoms with van der Waals surface area (Å²) in [5, 5.41) is 3.14. The highest BCUT2D eigenvalue weighted by Gasteiger charge is 2.42. The Labute approximate surface area is 158 Å². The van der Waals surface area contributed by atoms with Crippen molar-refractivity contribution in [1.82, 2.24) is 15.8 Å². The molecule has 136 valence electrons. The molecule has 0 saturated heterocycles. The molecule has 2 aromatic rings. The van der Waals surface area contributed by atoms with Crippen LogP contribution in [-0.4, -0.2) is 17.0 Å². The number of rotatable bonds is 6. The molecule has 1 aromatic carbocycles. The molecule has 2 N–H and O–H groups in total. The second-order valence-electron chi connectivity index (χ2n) is 6.26. The summed E-state index contributed by atoms with van der Waals surface area (Å²) >= 11 is 5.68. The molecule has 26 heavy (non-hydrogen) atoms. The number of halogens is 1. The van der Waals surface area contributed by atoms with Crippen molar-refractivity contribution in [2.75, 3.05) is 7.05 Å². The third-order valence-electron chi connectivity index (χ3n) is 4.64. The lowest BCUT2D eigenvalue weighted by Gasteiger charge is -2.39. The zero-order valence-corrected chi connectivity index (χ0v) is 15.5. The number of hydroxylamine groups is 1. The minimum absolute atomic E-state index is 0.254. The molecule has 1 unspecified atom stereocenters. The van der Waals surface area contributed by atoms with Crippen LogP contribution in [0.5, 0.6) is 0 Å². The number of allylic oxidation sites excluding steroid dienone is 1. The van der Waals surface area contributed by atoms with Gasteiger partial charge >= 0.3 is 0 Å². The van der Waals surface area contributed by atoms with E-state index >= 15 is 0 Å². The van der Waals surface area contributed by atoms with Gasteiger partial charge in [-0.3, -0.25) is 15.3 Å². The van der Waals surface area contributed by atoms with Gasteiger partial charge in [-0.2, -0.15) is 0 Å². The summed E-state index contributed by atoms with van der Waals surface area (Å²) in [4.78, 5) is 10.7. The van der Waals surface area contributed by atoms with Gasteiger partial charge in [0.15, 0.2) is 0 Å². The Kier molecular flexibility index (Phi) is 5.96. The second-order valence-corrected chi connectivity index (χ2v) is 6.67. The summed E-state index contributed by atoms with van der Waals surface area (Å²) in [6, 6.07) is 10.3. The van der Waals surface area contributed by atoms with Crippen molar-refractivity contribution in [3.8, 4) is 0 Å². The standard InChI is InChI=1S/C20H22FN3OS/c1-22-19(26)20(16-7-5-11-23-13-16)10-3-2-9-18(20)24-25-14-15-6-4-8-17(21)12-15/h4-9,11-13,24H,2-3,10,14H2,1H3,(H,22,26). The molecule has 0 fully saturated rings. The van der Waals surface area contributed by atoms with Gasteiger partial charge in [-0.15, -0.1) is 0 Å². The molecule has 0 bridgehead atoms. The summed E-state index contributed by atoms with van der Waals surface area (Å²) in [6.07, 6.45) is 8.54. The Morgan fingerprint density at radius 2 is 2.23 bits per heavy atom. The fraction of sp³-hybridized carbons (Fsp3) is 0.300. The fourth-order valence-corrected chi connectivity index (χ4v) is 3.70. The number of hydrogen-bond acceptors (Lipinski definition) is 4. The summed E-state index contributed by atoms with van der Waals surface area (Å²) < 4.78 is 13.3. The van der Waals surface area contributed by atoms with Crippen LogP contribution in [0.25, 0.3) is 0 Å². The number of nitrogens with zero attached hydrogens (tertiary/aromatic N) is 1. The average molecular weight is 371 g/mol. The summed E-state index contributed by atoms with van der Waals surface area (Å²) in [5.41, 5.74) is 5.25. The SMILES string of the molecule is CNC(=S)C1(c2cccnc2)CCCC=C1NOCc1cccc(F)c1. The first-order valence-electron chi connectivity index (χ1n) is 8.62. The number of likely N-dealkylation sites (N-methyl/N-ethyl adjacent to an activating group) is 1. The summed E-state index contributed by atoms with van der Waals surface area (Å²) in [6.45, 7) is 0.254. The van der Waals surface area contributed by atoms with E-state index < -0.39 is 5.41 Å². The Morgan fingerprint density at radius 3 is 2.96 bits per heavy atom. The van der Waals surface area contributed by atoms with Gasteiger partial charge in [0.25, 0.3) is 0 Å². The van der Waals surface area contributed by atoms with Gasteiger partial charge in [0.05, 0.1) is 22.7 Å². The van der Waals surface area contributed by atoms with Crippen LogP contribution < -0.4 is 10.8 Å². The van der Waals surface area contributed by atoms with E-state index in [2.05, 4.69) is 21.9 Å². The largest absolute Gasteiger partial charge is 0.382 e. The van der Waals surface area contributed by atoms with Crippen LogP contribution in [0, 0.1) is 5.82 Å². The van der Waals surface area contributed by atoms with E-state index in [1.807, 2.05) is 31.4 Å². The summed E-state index contributed by atoms with van der Waals surface area (Å²) in [5.74, 6) is -0.274. The highest BCUT2D eigenvalue weighted by atomic mass is 32.1. The quantitative estimate of drug-likeness (QED) is 0.597. The zero-order chi connectivity index (χ0) is 18.4. The molecule has 4 nitrogen and oxygen atoms in total. The van der Waals surface area contributed by atoms with Crippen molar-refractivity contribution in [2.45, 2.75) is 31.3 Å². The van der Waals surface area contributed by atoms with Gasteiger partial charge in [-0.25, -0.2) is 4.39 Å². The Hall–Kier alpha value is -2.31. The monoisotopic (exact) mass is 371 g/mol. The second kappa shape index (κ2) is 8.38. The smallest absolute Gasteiger partial charge is 0.123 e. The molecular formula is C20H22FN3OS. The van der Waals surface area contributed by atoms with E-state index in [1.54, 1.807) is 12.3 Å². The number of nitrogens with one attached hydrogen (secondary N) is 2. The molecule has 1 aliphatic carbocycles. The molecule has 0 amide bonds. The molecule has 1 heterocycles. The first-order chi connectivity index (χ1) is 12.7. The van der Waals surface area contributed by atoms with E-state index in [0.717, 1.165) is 41.1 Å². The topological polar surface area (TPSA) is 46.2 Å². The number of aromatic nitrogens is 1. The third kappa shape index (κ3) is 3.76. The van der Waals surface area contributed by atoms with Gasteiger partial charge in [-0.1, -0.05) is 36.5 Å². The molecular weight excluding hydrogens is 349 g/mol. The normalized spacial score (nSPS) is 19.5. The fourth-order valence-electron chi connectivity index (χ4n) is 3.37. The predicted octanol–water partition coefficient (Wildman–Crippen LogP) is 3.79. The Balaban J connectivity index is 1.83. The maximum atomic E-state index is 13.3. The van der Waals surface area contributed by atoms with Crippen LogP contribution in [0.4, 0.5) is 4.39 Å². The van der Waals surface area contributed by atoms with Gasteiger partial charge in [0.2, 0.25) is 0 Å². The Morgan fingerprint density at radius 1 is 1.35 bits per heavy atom. The highest BCUT2D eigenvalue weighted by Crippen LogP contribution is 2.40. The van der Waals surface area contributed by atoms with Crippen molar-refractivity contribution in [2.24, 2.45) is 0 Å². The molecule has 0 saturated carbocycles. The van der Waals surface area contributed by atoms with Crippen molar-refractivity contribution in [3.05, 3.63) is 77.5 Å². The van der Waals surface area contributed by atoms with Crippen LogP contribution in [0.3, 0.4) is 0 Å². The Bertz CT molecular complexity index is 797. The molecule has 1 aliphatic rings. The number of pyridine rings is 1. The first-order valence-corrected chi connectivity index (χ1v) is 9.03. The van der Waals surface area contributed by atoms with E-state index in [0.29, 0.717) is 0 Å². The highest BCUT2D eigenvalue weighted by molar-refractivity contribution is 7.80. The van der Waals surface area contributed by atoms with Crippen LogP contribution in [0.2, 0.25) is 0 Å². The number of thiocarbonyl (C=S) groups is 1. The van der Waals surface area contributed by atoms with Gasteiger partial charge < -0.3 is 5.32 Å². The number of benzene rings is 1. The zero-order valence-electron chi connectivity index (χ0n) is 14.7. The first kappa shape index (κ1) is 18.5. The maximum absolute atomic E-state index is 13.3. The van der Waals surface area contributed by atoms with E-state index in [1.165, 1.54) is 12.1 Å². The lowest BCUT2D eigenvalue weighted by Crippen LogP contribution is -2.48. The predicted molar refractivity (Wildman–Crippen MR) is 104 cm³/mol. The number of hydrogen-bond donors (Lipinski definition) is 2. The molecule has 1 aromatic heterocycles. The lowest BCUT2D eigenvalue weighted by atomic mass is 9.71. The molecule has 6 heteroatoms. The van der Waals surface area contributed by atoms with Crippen molar-refractivity contribution < 1.29 is 9.23 Å². The molecule has 3 rings (SSSR count). The van der Waals surface area contributed by atoms with Crippen LogP contribution >= 0.6 is 12.2 Å². The van der Waals surface area contributed by atoms with Crippen LogP contribution in [0.15, 0.2) is 60.6 Å². The molecule has 0 spiro atoms. The van der Waals surface area contributed by atoms with E-state index in [-0.39, 0.29) is 12.4 Å². The lowest BCUT2D eigenvalue weighted by molar-refractivity contribution is 0.0408. The van der Waals surface area contributed by atoms with Gasteiger partial charge in [-0.05, 0) is 48.6 Å². The molecule has 0 aliphatic heterocycles. The van der Waals surface area contributed by atoms with E-state index in [9.17, 15) is 4.39 Å². The van der Waals surface area contributed by atoms with Crippen molar-refractivity contribution >= 4 is 17.2 Å². The summed E-state index contributed by atoms with van der Waals surface area (Å²) in [7, 11) is 1.83. The van der Waals surface area contributed by atoms with Crippen molar-refractivity contribution in [1.29, 1.82) is 0 Å². The van der Waals surface area contributed by atoms with Crippen molar-refractivity contribution in [3.63, 3.8) is 0 Å². The van der Waals surface area contributed by atoms with Gasteiger partial charge in [0.1, 0.15) is 5.82 Å². The van der Waals surface area contributed by atoms with Crippen LogP contribution in [-0.2, 0) is 16.9 Å². The van der Waals surface area contributed by atoms with Gasteiger partial charge in [0, 0.05) is 19.4 Å². The van der Waals surface area contributed by atoms with E-state index in [4.69, 9.17) is 17.1 Å². The minimum Gasteiger partial charge on any atom is -0.382 e. The molecule has 0 radical (unpaired) electrons. The average Bonchev–Trinajstić information content (AvgIpc) is 2.68. The van der Waals surface area contributed by atoms with Crippen LogP contribution in [0.1, 0.15) is 30.4 Å². The molecule has 1 atom stereocenters. The maximum Gasteiger partial charge on any atom is 0.123 e.